The van der Waals surface area contributed by atoms with E-state index in [1.165, 1.54) is 18.2 Å². The van der Waals surface area contributed by atoms with Crippen molar-refractivity contribution >= 4 is 23.3 Å². The lowest BCUT2D eigenvalue weighted by Crippen LogP contribution is -2.05. The Morgan fingerprint density at radius 1 is 1.07 bits per heavy atom. The van der Waals surface area contributed by atoms with Crippen molar-refractivity contribution in [2.45, 2.75) is 13.2 Å². The lowest BCUT2D eigenvalue weighted by Gasteiger charge is -2.14. The maximum absolute atomic E-state index is 13.0. The number of carbonyl (C=O) groups is 1. The van der Waals surface area contributed by atoms with E-state index in [0.29, 0.717) is 29.6 Å². The molecule has 3 aromatic rings. The minimum Gasteiger partial charge on any atom is -0.489 e. The highest BCUT2D eigenvalue weighted by atomic mass is 35.5. The molecule has 0 amide bonds. The van der Waals surface area contributed by atoms with Crippen molar-refractivity contribution in [3.8, 4) is 5.75 Å². The van der Waals surface area contributed by atoms with E-state index < -0.39 is 5.97 Å². The molecular weight excluding hydrogens is 369 g/mol. The van der Waals surface area contributed by atoms with Crippen molar-refractivity contribution in [3.05, 3.63) is 94.3 Å². The molecule has 3 aromatic carbocycles. The molecule has 0 saturated heterocycles. The molecule has 27 heavy (non-hydrogen) atoms. The molecular formula is C21H17ClFNO3. The fraction of sp³-hybridized carbons (Fsp3) is 0.0952. The van der Waals surface area contributed by atoms with Gasteiger partial charge in [-0.3, -0.25) is 0 Å². The zero-order chi connectivity index (χ0) is 19.2. The number of benzene rings is 3. The number of anilines is 1. The van der Waals surface area contributed by atoms with Gasteiger partial charge < -0.3 is 15.2 Å². The molecule has 0 heterocycles. The molecule has 0 unspecified atom stereocenters. The van der Waals surface area contributed by atoms with Gasteiger partial charge in [-0.2, -0.15) is 0 Å². The Hall–Kier alpha value is -3.05. The molecule has 0 aromatic heterocycles. The van der Waals surface area contributed by atoms with Crippen molar-refractivity contribution in [1.82, 2.24) is 0 Å². The summed E-state index contributed by atoms with van der Waals surface area (Å²) >= 11 is 6.10. The Bertz CT molecular complexity index is 944. The standard InChI is InChI=1S/C21H17ClFNO3/c22-17-6-9-20(27-13-14-4-7-18(23)8-5-14)16(10-17)12-24-19-3-1-2-15(11-19)21(25)26/h1-11,24H,12-13H2,(H,25,26). The van der Waals surface area contributed by atoms with E-state index in [-0.39, 0.29) is 11.4 Å². The Balaban J connectivity index is 1.71. The van der Waals surface area contributed by atoms with Crippen molar-refractivity contribution < 1.29 is 19.0 Å². The number of hydrogen-bond acceptors (Lipinski definition) is 3. The molecule has 0 fully saturated rings. The highest BCUT2D eigenvalue weighted by molar-refractivity contribution is 6.30. The number of carboxylic acids is 1. The summed E-state index contributed by atoms with van der Waals surface area (Å²) in [6, 6.07) is 18.0. The summed E-state index contributed by atoms with van der Waals surface area (Å²) in [4.78, 5) is 11.1. The third-order valence-corrected chi connectivity index (χ3v) is 4.16. The monoisotopic (exact) mass is 385 g/mol. The first-order valence-electron chi connectivity index (χ1n) is 8.24. The highest BCUT2D eigenvalue weighted by Crippen LogP contribution is 2.25. The van der Waals surface area contributed by atoms with Crippen LogP contribution in [0, 0.1) is 5.82 Å². The number of nitrogens with one attached hydrogen (secondary N) is 1. The van der Waals surface area contributed by atoms with E-state index in [1.807, 2.05) is 0 Å². The van der Waals surface area contributed by atoms with Crippen LogP contribution in [0.1, 0.15) is 21.5 Å². The fourth-order valence-corrected chi connectivity index (χ4v) is 2.72. The van der Waals surface area contributed by atoms with Crippen LogP contribution in [0.4, 0.5) is 10.1 Å². The van der Waals surface area contributed by atoms with Gasteiger partial charge in [0.15, 0.2) is 0 Å². The molecule has 0 aliphatic heterocycles. The molecule has 0 bridgehead atoms. The summed E-state index contributed by atoms with van der Waals surface area (Å²) in [5.74, 6) is -0.630. The molecule has 0 atom stereocenters. The third-order valence-electron chi connectivity index (χ3n) is 3.92. The van der Waals surface area contributed by atoms with Gasteiger partial charge in [0.2, 0.25) is 0 Å². The molecule has 0 saturated carbocycles. The maximum Gasteiger partial charge on any atom is 0.335 e. The van der Waals surface area contributed by atoms with Crippen molar-refractivity contribution in [2.75, 3.05) is 5.32 Å². The van der Waals surface area contributed by atoms with Gasteiger partial charge in [0.25, 0.3) is 0 Å². The fourth-order valence-electron chi connectivity index (χ4n) is 2.53. The van der Waals surface area contributed by atoms with Crippen LogP contribution in [0.5, 0.6) is 5.75 Å². The summed E-state index contributed by atoms with van der Waals surface area (Å²) < 4.78 is 18.9. The molecule has 4 nitrogen and oxygen atoms in total. The average Bonchev–Trinajstić information content (AvgIpc) is 2.67. The molecule has 3 rings (SSSR count). The van der Waals surface area contributed by atoms with Gasteiger partial charge in [-0.25, -0.2) is 9.18 Å². The van der Waals surface area contributed by atoms with E-state index in [1.54, 1.807) is 48.5 Å². The summed E-state index contributed by atoms with van der Waals surface area (Å²) in [5.41, 5.74) is 2.56. The van der Waals surface area contributed by atoms with E-state index in [9.17, 15) is 9.18 Å². The molecule has 0 radical (unpaired) electrons. The average molecular weight is 386 g/mol. The molecule has 6 heteroatoms. The Kier molecular flexibility index (Phi) is 5.94. The predicted octanol–water partition coefficient (Wildman–Crippen LogP) is 5.37. The largest absolute Gasteiger partial charge is 0.489 e. The first-order chi connectivity index (χ1) is 13.0. The second kappa shape index (κ2) is 8.56. The van der Waals surface area contributed by atoms with Gasteiger partial charge in [0.05, 0.1) is 5.56 Å². The van der Waals surface area contributed by atoms with Crippen LogP contribution in [0.3, 0.4) is 0 Å². The van der Waals surface area contributed by atoms with Gasteiger partial charge in [-0.05, 0) is 54.1 Å². The minimum atomic E-state index is -0.982. The second-order valence-electron chi connectivity index (χ2n) is 5.91. The molecule has 138 valence electrons. The zero-order valence-corrected chi connectivity index (χ0v) is 15.0. The summed E-state index contributed by atoms with van der Waals surface area (Å²) in [7, 11) is 0. The van der Waals surface area contributed by atoms with Crippen LogP contribution in [0.25, 0.3) is 0 Å². The topological polar surface area (TPSA) is 58.6 Å². The van der Waals surface area contributed by atoms with Gasteiger partial charge in [0.1, 0.15) is 18.2 Å². The third kappa shape index (κ3) is 5.21. The highest BCUT2D eigenvalue weighted by Gasteiger charge is 2.08. The number of carboxylic acid groups (broad SMARTS) is 1. The smallest absolute Gasteiger partial charge is 0.335 e. The molecule has 0 spiro atoms. The molecule has 0 aliphatic rings. The lowest BCUT2D eigenvalue weighted by molar-refractivity contribution is 0.0697. The predicted molar refractivity (Wildman–Crippen MR) is 103 cm³/mol. The number of ether oxygens (including phenoxy) is 1. The normalized spacial score (nSPS) is 10.4. The van der Waals surface area contributed by atoms with Crippen LogP contribution in [0.2, 0.25) is 5.02 Å². The Morgan fingerprint density at radius 3 is 2.59 bits per heavy atom. The number of halogens is 2. The summed E-state index contributed by atoms with van der Waals surface area (Å²) in [6.45, 7) is 0.700. The quantitative estimate of drug-likeness (QED) is 0.574. The van der Waals surface area contributed by atoms with Crippen molar-refractivity contribution in [1.29, 1.82) is 0 Å². The Morgan fingerprint density at radius 2 is 1.85 bits per heavy atom. The van der Waals surface area contributed by atoms with Gasteiger partial charge in [-0.1, -0.05) is 29.8 Å². The lowest BCUT2D eigenvalue weighted by atomic mass is 10.1. The van der Waals surface area contributed by atoms with Gasteiger partial charge in [0, 0.05) is 22.8 Å². The van der Waals surface area contributed by atoms with Crippen LogP contribution in [0.15, 0.2) is 66.7 Å². The number of rotatable bonds is 7. The first-order valence-corrected chi connectivity index (χ1v) is 8.62. The van der Waals surface area contributed by atoms with E-state index in [2.05, 4.69) is 5.32 Å². The van der Waals surface area contributed by atoms with Gasteiger partial charge in [-0.15, -0.1) is 0 Å². The van der Waals surface area contributed by atoms with E-state index in [0.717, 1.165) is 11.1 Å². The summed E-state index contributed by atoms with van der Waals surface area (Å²) in [6.07, 6.45) is 0. The Labute approximate surface area is 161 Å². The van der Waals surface area contributed by atoms with E-state index in [4.69, 9.17) is 21.4 Å². The number of aromatic carboxylic acids is 1. The minimum absolute atomic E-state index is 0.207. The molecule has 2 N–H and O–H groups in total. The van der Waals surface area contributed by atoms with Gasteiger partial charge >= 0.3 is 5.97 Å². The SMILES string of the molecule is O=C(O)c1cccc(NCc2cc(Cl)ccc2OCc2ccc(F)cc2)c1. The van der Waals surface area contributed by atoms with Crippen LogP contribution >= 0.6 is 11.6 Å². The van der Waals surface area contributed by atoms with Crippen LogP contribution in [-0.4, -0.2) is 11.1 Å². The molecule has 0 aliphatic carbocycles. The number of hydrogen-bond donors (Lipinski definition) is 2. The second-order valence-corrected chi connectivity index (χ2v) is 6.34. The first kappa shape index (κ1) is 18.7. The van der Waals surface area contributed by atoms with E-state index >= 15 is 0 Å². The zero-order valence-electron chi connectivity index (χ0n) is 14.3. The van der Waals surface area contributed by atoms with Crippen molar-refractivity contribution in [3.63, 3.8) is 0 Å². The van der Waals surface area contributed by atoms with Crippen molar-refractivity contribution in [2.24, 2.45) is 0 Å². The maximum atomic E-state index is 13.0. The van der Waals surface area contributed by atoms with Crippen LogP contribution < -0.4 is 10.1 Å². The summed E-state index contributed by atoms with van der Waals surface area (Å²) in [5, 5.41) is 12.8. The van der Waals surface area contributed by atoms with Crippen LogP contribution in [-0.2, 0) is 13.2 Å².